The molecule has 31 heavy (non-hydrogen) atoms. The van der Waals surface area contributed by atoms with Gasteiger partial charge in [0.05, 0.1) is 28.7 Å². The number of hydrogen-bond donors (Lipinski definition) is 0. The number of likely N-dealkylation sites (tertiary alicyclic amines) is 1. The first kappa shape index (κ1) is 21.0. The van der Waals surface area contributed by atoms with E-state index in [4.69, 9.17) is 14.0 Å². The highest BCUT2D eigenvalue weighted by Crippen LogP contribution is 2.37. The molecule has 3 aromatic heterocycles. The lowest BCUT2D eigenvalue weighted by molar-refractivity contribution is 0.0603. The van der Waals surface area contributed by atoms with Crippen molar-refractivity contribution in [3.05, 3.63) is 40.7 Å². The van der Waals surface area contributed by atoms with Crippen LogP contribution >= 0.6 is 0 Å². The van der Waals surface area contributed by atoms with E-state index in [1.165, 1.54) is 0 Å². The third kappa shape index (κ3) is 3.92. The van der Waals surface area contributed by atoms with Gasteiger partial charge in [-0.1, -0.05) is 17.2 Å². The molecule has 4 heterocycles. The van der Waals surface area contributed by atoms with E-state index in [1.54, 1.807) is 13.1 Å². The number of aromatic nitrogens is 4. The zero-order valence-corrected chi connectivity index (χ0v) is 18.7. The summed E-state index contributed by atoms with van der Waals surface area (Å²) >= 11 is 0. The van der Waals surface area contributed by atoms with Crippen LogP contribution in [0.5, 0.6) is 0 Å². The fourth-order valence-electron chi connectivity index (χ4n) is 4.07. The third-order valence-corrected chi connectivity index (χ3v) is 5.66. The van der Waals surface area contributed by atoms with Crippen LogP contribution in [0.25, 0.3) is 11.3 Å². The van der Waals surface area contributed by atoms with Gasteiger partial charge in [-0.05, 0) is 39.5 Å². The summed E-state index contributed by atoms with van der Waals surface area (Å²) in [6.45, 7) is 6.28. The minimum atomic E-state index is -0.206. The van der Waals surface area contributed by atoms with Crippen molar-refractivity contribution in [3.8, 4) is 11.3 Å². The minimum Gasteiger partial charge on any atom is -0.361 e. The lowest BCUT2D eigenvalue weighted by atomic mass is 9.94. The topological polar surface area (TPSA) is 101 Å². The van der Waals surface area contributed by atoms with E-state index in [9.17, 15) is 4.79 Å². The number of anilines is 1. The number of aryl methyl sites for hydroxylation is 3. The smallest absolute Gasteiger partial charge is 0.259 e. The van der Waals surface area contributed by atoms with E-state index in [0.717, 1.165) is 36.2 Å². The van der Waals surface area contributed by atoms with Gasteiger partial charge in [-0.2, -0.15) is 0 Å². The van der Waals surface area contributed by atoms with Gasteiger partial charge in [0.1, 0.15) is 11.3 Å². The average molecular weight is 425 g/mol. The molecule has 1 aliphatic rings. The summed E-state index contributed by atoms with van der Waals surface area (Å²) < 4.78 is 10.9. The van der Waals surface area contributed by atoms with Crippen molar-refractivity contribution in [2.24, 2.45) is 0 Å². The van der Waals surface area contributed by atoms with Gasteiger partial charge in [0, 0.05) is 32.9 Å². The summed E-state index contributed by atoms with van der Waals surface area (Å²) in [4.78, 5) is 26.7. The van der Waals surface area contributed by atoms with Crippen molar-refractivity contribution in [2.75, 3.05) is 25.5 Å². The second-order valence-electron chi connectivity index (χ2n) is 8.12. The van der Waals surface area contributed by atoms with Gasteiger partial charge in [-0.15, -0.1) is 0 Å². The van der Waals surface area contributed by atoms with Crippen molar-refractivity contribution in [1.82, 2.24) is 25.2 Å². The molecular formula is C22H28N6O3. The summed E-state index contributed by atoms with van der Waals surface area (Å²) in [7, 11) is 3.80. The number of piperidine rings is 1. The maximum atomic E-state index is 13.7. The fraction of sp³-hybridized carbons (Fsp3) is 0.500. The Kier molecular flexibility index (Phi) is 5.75. The van der Waals surface area contributed by atoms with Crippen LogP contribution in [0.4, 0.5) is 5.95 Å². The van der Waals surface area contributed by atoms with Crippen molar-refractivity contribution in [2.45, 2.75) is 52.5 Å². The summed E-state index contributed by atoms with van der Waals surface area (Å²) in [5, 5.41) is 8.10. The zero-order chi connectivity index (χ0) is 22.1. The summed E-state index contributed by atoms with van der Waals surface area (Å²) in [6, 6.07) is 1.66. The maximum Gasteiger partial charge on any atom is 0.259 e. The molecule has 0 radical (unpaired) electrons. The molecule has 9 nitrogen and oxygen atoms in total. The van der Waals surface area contributed by atoms with Crippen LogP contribution in [-0.4, -0.2) is 51.7 Å². The highest BCUT2D eigenvalue weighted by atomic mass is 16.5. The summed E-state index contributed by atoms with van der Waals surface area (Å²) in [6.07, 6.45) is 5.15. The lowest BCUT2D eigenvalue weighted by Crippen LogP contribution is -2.39. The average Bonchev–Trinajstić information content (AvgIpc) is 3.37. The molecule has 3 aromatic rings. The molecule has 0 unspecified atom stereocenters. The molecule has 0 aromatic carbocycles. The van der Waals surface area contributed by atoms with Crippen LogP contribution in [-0.2, 0) is 6.42 Å². The highest BCUT2D eigenvalue weighted by Gasteiger charge is 2.35. The van der Waals surface area contributed by atoms with Crippen LogP contribution < -0.4 is 4.90 Å². The Morgan fingerprint density at radius 3 is 2.71 bits per heavy atom. The number of carbonyl (C=O) groups excluding carboxylic acids is 1. The van der Waals surface area contributed by atoms with Crippen molar-refractivity contribution in [3.63, 3.8) is 0 Å². The van der Waals surface area contributed by atoms with Crippen LogP contribution in [0.2, 0.25) is 0 Å². The Balaban J connectivity index is 1.81. The molecule has 0 aliphatic carbocycles. The van der Waals surface area contributed by atoms with E-state index < -0.39 is 0 Å². The minimum absolute atomic E-state index is 0.0648. The van der Waals surface area contributed by atoms with E-state index >= 15 is 0 Å². The molecule has 0 bridgehead atoms. The third-order valence-electron chi connectivity index (χ3n) is 5.66. The van der Waals surface area contributed by atoms with Crippen molar-refractivity contribution in [1.29, 1.82) is 0 Å². The highest BCUT2D eigenvalue weighted by molar-refractivity contribution is 5.96. The molecule has 1 aliphatic heterocycles. The van der Waals surface area contributed by atoms with Crippen LogP contribution in [0.1, 0.15) is 65.4 Å². The molecule has 1 amide bonds. The Labute approximate surface area is 181 Å². The fourth-order valence-corrected chi connectivity index (χ4v) is 4.07. The summed E-state index contributed by atoms with van der Waals surface area (Å²) in [5.41, 5.74) is 3.56. The number of hydrogen-bond acceptors (Lipinski definition) is 8. The molecule has 0 spiro atoms. The van der Waals surface area contributed by atoms with E-state index in [-0.39, 0.29) is 11.9 Å². The lowest BCUT2D eigenvalue weighted by Gasteiger charge is -2.36. The summed E-state index contributed by atoms with van der Waals surface area (Å²) in [5.74, 6) is 1.67. The predicted octanol–water partition coefficient (Wildman–Crippen LogP) is 3.73. The first-order chi connectivity index (χ1) is 14.9. The molecule has 0 N–H and O–H groups in total. The molecule has 9 heteroatoms. The molecular weight excluding hydrogens is 396 g/mol. The Hall–Kier alpha value is -3.23. The first-order valence-corrected chi connectivity index (χ1v) is 10.6. The zero-order valence-electron chi connectivity index (χ0n) is 18.7. The SMILES string of the molecule is CCc1noc(C)c1C(=O)N1CCCC[C@H]1c1nc(N(C)C)ncc1-c1cc(C)no1. The second-order valence-corrected chi connectivity index (χ2v) is 8.12. The number of carbonyl (C=O) groups is 1. The van der Waals surface area contributed by atoms with Gasteiger partial charge in [0.25, 0.3) is 5.91 Å². The first-order valence-electron chi connectivity index (χ1n) is 10.6. The molecule has 1 fully saturated rings. The largest absolute Gasteiger partial charge is 0.361 e. The second kappa shape index (κ2) is 8.49. The quantitative estimate of drug-likeness (QED) is 0.611. The van der Waals surface area contributed by atoms with E-state index in [1.807, 2.05) is 43.8 Å². The molecule has 1 saturated heterocycles. The van der Waals surface area contributed by atoms with Gasteiger partial charge >= 0.3 is 0 Å². The molecule has 164 valence electrons. The maximum absolute atomic E-state index is 13.7. The predicted molar refractivity (Wildman–Crippen MR) is 115 cm³/mol. The monoisotopic (exact) mass is 424 g/mol. The van der Waals surface area contributed by atoms with Crippen LogP contribution in [0.3, 0.4) is 0 Å². The van der Waals surface area contributed by atoms with Crippen molar-refractivity contribution < 1.29 is 13.8 Å². The normalized spacial score (nSPS) is 16.5. The Morgan fingerprint density at radius 2 is 2.03 bits per heavy atom. The van der Waals surface area contributed by atoms with E-state index in [2.05, 4.69) is 15.3 Å². The van der Waals surface area contributed by atoms with Gasteiger partial charge < -0.3 is 18.8 Å². The van der Waals surface area contributed by atoms with Crippen LogP contribution in [0.15, 0.2) is 21.3 Å². The van der Waals surface area contributed by atoms with Crippen molar-refractivity contribution >= 4 is 11.9 Å². The number of rotatable bonds is 5. The van der Waals surface area contributed by atoms with E-state index in [0.29, 0.717) is 41.7 Å². The molecule has 4 rings (SSSR count). The standard InChI is InChI=1S/C22H28N6O3/c1-6-16-19(14(3)30-26-16)21(29)28-10-8-7-9-17(28)20-15(18-11-13(2)25-31-18)12-23-22(24-20)27(4)5/h11-12,17H,6-10H2,1-5H3/t17-/m0/s1. The van der Waals surface area contributed by atoms with Gasteiger partial charge in [0.2, 0.25) is 5.95 Å². The Morgan fingerprint density at radius 1 is 1.23 bits per heavy atom. The van der Waals surface area contributed by atoms with Gasteiger partial charge in [0.15, 0.2) is 5.76 Å². The number of nitrogens with zero attached hydrogens (tertiary/aromatic N) is 6. The number of amides is 1. The molecule has 0 saturated carbocycles. The van der Waals surface area contributed by atoms with Crippen LogP contribution in [0, 0.1) is 13.8 Å². The van der Waals surface area contributed by atoms with Gasteiger partial charge in [-0.25, -0.2) is 9.97 Å². The molecule has 1 atom stereocenters. The Bertz CT molecular complexity index is 1090. The van der Waals surface area contributed by atoms with Gasteiger partial charge in [-0.3, -0.25) is 4.79 Å².